The predicted molar refractivity (Wildman–Crippen MR) is 70.7 cm³/mol. The van der Waals surface area contributed by atoms with Gasteiger partial charge in [-0.15, -0.1) is 0 Å². The maximum Gasteiger partial charge on any atom is 0.0813 e. The van der Waals surface area contributed by atoms with Crippen molar-refractivity contribution in [3.63, 3.8) is 0 Å². The number of rotatable bonds is 2. The number of benzene rings is 1. The third kappa shape index (κ3) is 3.55. The van der Waals surface area contributed by atoms with E-state index >= 15 is 0 Å². The van der Waals surface area contributed by atoms with E-state index in [-0.39, 0.29) is 5.60 Å². The molecule has 0 bridgehead atoms. The van der Waals surface area contributed by atoms with Gasteiger partial charge in [0.2, 0.25) is 0 Å². The topological polar surface area (TPSA) is 21.3 Å². The van der Waals surface area contributed by atoms with Crippen molar-refractivity contribution in [2.24, 2.45) is 0 Å². The molecular formula is C15H23NO. The van der Waals surface area contributed by atoms with Gasteiger partial charge in [0, 0.05) is 0 Å². The highest BCUT2D eigenvalue weighted by Gasteiger charge is 2.20. The van der Waals surface area contributed by atoms with Gasteiger partial charge < -0.3 is 0 Å². The molecule has 17 heavy (non-hydrogen) atoms. The highest BCUT2D eigenvalue weighted by atomic mass is 16.7. The second-order valence-electron chi connectivity index (χ2n) is 5.83. The van der Waals surface area contributed by atoms with Crippen molar-refractivity contribution in [2.45, 2.75) is 58.1 Å². The number of aryl methyl sites for hydroxylation is 1. The highest BCUT2D eigenvalue weighted by molar-refractivity contribution is 5.30. The van der Waals surface area contributed by atoms with E-state index in [1.165, 1.54) is 30.4 Å². The average Bonchev–Trinajstić information content (AvgIpc) is 2.47. The third-order valence-corrected chi connectivity index (χ3v) is 3.13. The van der Waals surface area contributed by atoms with Gasteiger partial charge in [0.05, 0.1) is 11.6 Å². The van der Waals surface area contributed by atoms with Gasteiger partial charge in [0.1, 0.15) is 0 Å². The molecule has 1 aliphatic carbocycles. The van der Waals surface area contributed by atoms with Crippen LogP contribution in [0.3, 0.4) is 0 Å². The Morgan fingerprint density at radius 2 is 1.94 bits per heavy atom. The summed E-state index contributed by atoms with van der Waals surface area (Å²) in [4.78, 5) is 5.73. The van der Waals surface area contributed by atoms with E-state index in [4.69, 9.17) is 4.84 Å². The lowest BCUT2D eigenvalue weighted by atomic mass is 10.00. The summed E-state index contributed by atoms with van der Waals surface area (Å²) in [6.07, 6.45) is 4.90. The van der Waals surface area contributed by atoms with E-state index in [1.54, 1.807) is 0 Å². The number of nitrogens with one attached hydrogen (secondary N) is 1. The molecule has 1 atom stereocenters. The van der Waals surface area contributed by atoms with Crippen molar-refractivity contribution in [2.75, 3.05) is 0 Å². The van der Waals surface area contributed by atoms with Gasteiger partial charge in [-0.25, -0.2) is 0 Å². The molecule has 2 nitrogen and oxygen atoms in total. The fraction of sp³-hybridized carbons (Fsp3) is 0.600. The molecule has 1 N–H and O–H groups in total. The van der Waals surface area contributed by atoms with Crippen LogP contribution in [0.15, 0.2) is 24.3 Å². The molecule has 0 aliphatic heterocycles. The van der Waals surface area contributed by atoms with E-state index in [0.29, 0.717) is 6.04 Å². The lowest BCUT2D eigenvalue weighted by Gasteiger charge is -2.25. The Labute approximate surface area is 104 Å². The van der Waals surface area contributed by atoms with Crippen molar-refractivity contribution in [3.05, 3.63) is 35.4 Å². The summed E-state index contributed by atoms with van der Waals surface area (Å²) in [6, 6.07) is 9.06. The second kappa shape index (κ2) is 5.19. The third-order valence-electron chi connectivity index (χ3n) is 3.13. The Bertz CT molecular complexity index is 367. The molecule has 0 fully saturated rings. The number of fused-ring (bicyclic) bond motifs is 1. The van der Waals surface area contributed by atoms with Crippen molar-refractivity contribution < 1.29 is 4.84 Å². The van der Waals surface area contributed by atoms with Gasteiger partial charge in [-0.05, 0) is 51.2 Å². The molecule has 0 amide bonds. The number of hydroxylamine groups is 1. The molecule has 0 saturated heterocycles. The molecule has 0 heterocycles. The summed E-state index contributed by atoms with van der Waals surface area (Å²) in [5.74, 6) is 0. The summed E-state index contributed by atoms with van der Waals surface area (Å²) >= 11 is 0. The Hall–Kier alpha value is -0.860. The largest absolute Gasteiger partial charge is 0.296 e. The van der Waals surface area contributed by atoms with Crippen LogP contribution in [0.5, 0.6) is 0 Å². The normalized spacial score (nSPS) is 20.8. The smallest absolute Gasteiger partial charge is 0.0813 e. The van der Waals surface area contributed by atoms with E-state index in [9.17, 15) is 0 Å². The van der Waals surface area contributed by atoms with Gasteiger partial charge in [-0.2, -0.15) is 5.48 Å². The van der Waals surface area contributed by atoms with Crippen LogP contribution in [-0.2, 0) is 11.3 Å². The Kier molecular flexibility index (Phi) is 3.85. The quantitative estimate of drug-likeness (QED) is 0.620. The summed E-state index contributed by atoms with van der Waals surface area (Å²) in [5.41, 5.74) is 6.00. The van der Waals surface area contributed by atoms with Crippen LogP contribution in [0.4, 0.5) is 0 Å². The summed E-state index contributed by atoms with van der Waals surface area (Å²) in [5, 5.41) is 0. The second-order valence-corrected chi connectivity index (χ2v) is 5.83. The highest BCUT2D eigenvalue weighted by Crippen LogP contribution is 2.28. The zero-order valence-electron chi connectivity index (χ0n) is 11.1. The minimum absolute atomic E-state index is 0.138. The van der Waals surface area contributed by atoms with Crippen molar-refractivity contribution in [1.29, 1.82) is 0 Å². The van der Waals surface area contributed by atoms with E-state index in [1.807, 2.05) is 0 Å². The Morgan fingerprint density at radius 1 is 1.18 bits per heavy atom. The zero-order chi connectivity index (χ0) is 12.3. The Morgan fingerprint density at radius 3 is 2.71 bits per heavy atom. The SMILES string of the molecule is CC(C)(C)ONC1CCCCc2ccccc21. The van der Waals surface area contributed by atoms with E-state index in [0.717, 1.165) is 6.42 Å². The molecule has 2 rings (SSSR count). The monoisotopic (exact) mass is 233 g/mol. The van der Waals surface area contributed by atoms with E-state index < -0.39 is 0 Å². The molecule has 0 saturated carbocycles. The van der Waals surface area contributed by atoms with Crippen LogP contribution >= 0.6 is 0 Å². The maximum absolute atomic E-state index is 5.73. The molecule has 1 aromatic rings. The van der Waals surface area contributed by atoms with Gasteiger partial charge in [-0.1, -0.05) is 30.7 Å². The van der Waals surface area contributed by atoms with Crippen molar-refractivity contribution >= 4 is 0 Å². The Balaban J connectivity index is 2.12. The number of hydrogen-bond donors (Lipinski definition) is 1. The fourth-order valence-corrected chi connectivity index (χ4v) is 2.29. The minimum atomic E-state index is -0.138. The van der Waals surface area contributed by atoms with Crippen LogP contribution < -0.4 is 5.48 Å². The first kappa shape index (κ1) is 12.6. The molecule has 0 spiro atoms. The van der Waals surface area contributed by atoms with Crippen LogP contribution in [0.25, 0.3) is 0 Å². The molecule has 0 aromatic heterocycles. The van der Waals surface area contributed by atoms with E-state index in [2.05, 4.69) is 50.5 Å². The first-order valence-electron chi connectivity index (χ1n) is 6.57. The van der Waals surface area contributed by atoms with Gasteiger partial charge in [-0.3, -0.25) is 4.84 Å². The van der Waals surface area contributed by atoms with Gasteiger partial charge >= 0.3 is 0 Å². The minimum Gasteiger partial charge on any atom is -0.296 e. The van der Waals surface area contributed by atoms with Gasteiger partial charge in [0.25, 0.3) is 0 Å². The maximum atomic E-state index is 5.73. The van der Waals surface area contributed by atoms with Crippen LogP contribution in [0.2, 0.25) is 0 Å². The van der Waals surface area contributed by atoms with Crippen LogP contribution in [-0.4, -0.2) is 5.60 Å². The first-order valence-corrected chi connectivity index (χ1v) is 6.57. The van der Waals surface area contributed by atoms with Crippen LogP contribution in [0.1, 0.15) is 57.2 Å². The summed E-state index contributed by atoms with van der Waals surface area (Å²) < 4.78 is 0. The van der Waals surface area contributed by atoms with Crippen LogP contribution in [0, 0.1) is 0 Å². The van der Waals surface area contributed by atoms with Crippen molar-refractivity contribution in [1.82, 2.24) is 5.48 Å². The summed E-state index contributed by atoms with van der Waals surface area (Å²) in [7, 11) is 0. The molecular weight excluding hydrogens is 210 g/mol. The summed E-state index contributed by atoms with van der Waals surface area (Å²) in [6.45, 7) is 6.22. The average molecular weight is 233 g/mol. The lowest BCUT2D eigenvalue weighted by molar-refractivity contribution is -0.0902. The first-order chi connectivity index (χ1) is 8.06. The molecule has 1 aliphatic rings. The molecule has 0 radical (unpaired) electrons. The fourth-order valence-electron chi connectivity index (χ4n) is 2.29. The molecule has 1 aromatic carbocycles. The van der Waals surface area contributed by atoms with Crippen molar-refractivity contribution in [3.8, 4) is 0 Å². The van der Waals surface area contributed by atoms with Gasteiger partial charge in [0.15, 0.2) is 0 Å². The molecule has 1 unspecified atom stereocenters. The number of hydrogen-bond acceptors (Lipinski definition) is 2. The predicted octanol–water partition coefficient (Wildman–Crippen LogP) is 3.77. The lowest BCUT2D eigenvalue weighted by Crippen LogP contribution is -2.32. The molecule has 94 valence electrons. The standard InChI is InChI=1S/C15H23NO/c1-15(2,3)17-16-14-11-7-5-9-12-8-4-6-10-13(12)14/h4,6,8,10,14,16H,5,7,9,11H2,1-3H3. The zero-order valence-corrected chi connectivity index (χ0v) is 11.1. The molecule has 2 heteroatoms.